The number of para-hydroxylation sites is 3. The average Bonchev–Trinajstić information content (AvgIpc) is 1.59. The van der Waals surface area contributed by atoms with E-state index < -0.39 is 0 Å². The van der Waals surface area contributed by atoms with Crippen LogP contribution in [0.15, 0.2) is 182 Å². The fourth-order valence-electron chi connectivity index (χ4n) is 14.2. The molecule has 0 amide bonds. The van der Waals surface area contributed by atoms with Crippen LogP contribution < -0.4 is 14.5 Å². The van der Waals surface area contributed by atoms with Crippen LogP contribution in [0.3, 0.4) is 0 Å². The van der Waals surface area contributed by atoms with E-state index in [1.54, 1.807) is 0 Å². The van der Waals surface area contributed by atoms with Gasteiger partial charge in [-0.25, -0.2) is 4.98 Å². The monoisotopic (exact) mass is 1270 g/mol. The summed E-state index contributed by atoms with van der Waals surface area (Å²) in [5, 5.41) is 4.97. The zero-order chi connectivity index (χ0) is 67.7. The zero-order valence-corrected chi connectivity index (χ0v) is 61.2. The number of pyridine rings is 1. The molecule has 0 saturated carbocycles. The highest BCUT2D eigenvalue weighted by Crippen LogP contribution is 2.54. The molecule has 5 nitrogen and oxygen atoms in total. The number of hydrogen-bond acceptors (Lipinski definition) is 5. The van der Waals surface area contributed by atoms with Crippen LogP contribution in [0.4, 0.5) is 22.7 Å². The Balaban J connectivity index is 1.05. The molecule has 0 spiro atoms. The van der Waals surface area contributed by atoms with Crippen molar-refractivity contribution in [1.82, 2.24) is 9.55 Å². The molecular formula is C89H98N4OS. The number of aromatic nitrogens is 2. The lowest BCUT2D eigenvalue weighted by molar-refractivity contribution is 0.483. The van der Waals surface area contributed by atoms with Gasteiger partial charge in [-0.05, 0) is 172 Å². The summed E-state index contributed by atoms with van der Waals surface area (Å²) < 4.78 is 12.5. The molecule has 1 aliphatic rings. The molecule has 0 fully saturated rings. The Morgan fingerprint density at radius 3 is 1.51 bits per heavy atom. The van der Waals surface area contributed by atoms with Gasteiger partial charge in [0.05, 0.1) is 28.1 Å². The van der Waals surface area contributed by atoms with Gasteiger partial charge in [-0.1, -0.05) is 249 Å². The predicted octanol–water partition coefficient (Wildman–Crippen LogP) is 26.4. The lowest BCUT2D eigenvalue weighted by Crippen LogP contribution is -2.25. The first-order chi connectivity index (χ1) is 44.7. The summed E-state index contributed by atoms with van der Waals surface area (Å²) >= 11 is 1.87. The Morgan fingerprint density at radius 2 is 0.958 bits per heavy atom. The van der Waals surface area contributed by atoms with Gasteiger partial charge < -0.3 is 14.5 Å². The van der Waals surface area contributed by atoms with Gasteiger partial charge in [0.15, 0.2) is 0 Å². The molecule has 12 aromatic rings. The molecule has 0 saturated heterocycles. The van der Waals surface area contributed by atoms with Crippen LogP contribution in [0.25, 0.3) is 81.2 Å². The largest absolute Gasteiger partial charge is 0.457 e. The Labute approximate surface area is 570 Å². The van der Waals surface area contributed by atoms with E-state index in [9.17, 15) is 0 Å². The van der Waals surface area contributed by atoms with Gasteiger partial charge in [0.1, 0.15) is 24.0 Å². The number of fused-ring (bicyclic) bond motifs is 8. The van der Waals surface area contributed by atoms with Crippen molar-refractivity contribution in [2.75, 3.05) is 16.5 Å². The van der Waals surface area contributed by atoms with Gasteiger partial charge in [-0.2, -0.15) is 0 Å². The Morgan fingerprint density at radius 1 is 0.421 bits per heavy atom. The number of anilines is 4. The first kappa shape index (κ1) is 65.2. The molecule has 6 heteroatoms. The molecule has 0 radical (unpaired) electrons. The van der Waals surface area contributed by atoms with Crippen LogP contribution in [0.1, 0.15) is 208 Å². The summed E-state index contributed by atoms with van der Waals surface area (Å²) in [6, 6.07) is 67.6. The third-order valence-electron chi connectivity index (χ3n) is 19.9. The molecule has 4 heterocycles. The second-order valence-corrected chi connectivity index (χ2v) is 34.3. The number of thiophene rings is 1. The van der Waals surface area contributed by atoms with E-state index in [1.165, 1.54) is 109 Å². The van der Waals surface area contributed by atoms with Crippen molar-refractivity contribution in [2.45, 2.75) is 190 Å². The lowest BCUT2D eigenvalue weighted by atomic mass is 9.77. The van der Waals surface area contributed by atoms with Crippen LogP contribution in [0.2, 0.25) is 0 Å². The summed E-state index contributed by atoms with van der Waals surface area (Å²) in [5.74, 6) is 3.33. The average molecular weight is 1270 g/mol. The normalized spacial score (nSPS) is 13.5. The maximum absolute atomic E-state index is 7.55. The second kappa shape index (κ2) is 23.7. The van der Waals surface area contributed by atoms with E-state index in [4.69, 9.17) is 9.72 Å². The van der Waals surface area contributed by atoms with E-state index in [0.717, 1.165) is 51.0 Å². The SMILES string of the molecule is CC(C)c1cc(C(C)C)c(-c2cc(Oc3ccc4c5c6sc7ccccc7c6ccc5n(-c5cc(C(C)(C)C)ccn5)c4c3)cc(N3CN(c4c(-c5cc(C(C)(C)C)cc(C(C)(C)C)c5)cccc4-c4cc(C(C)(C)C)cc(C(C)(C)C)c4)c4ccccc43)c2)c(C(C)C)c1. The van der Waals surface area contributed by atoms with Crippen molar-refractivity contribution in [3.8, 4) is 50.7 Å². The van der Waals surface area contributed by atoms with Gasteiger partial charge in [0, 0.05) is 66.1 Å². The Hall–Kier alpha value is -8.45. The minimum Gasteiger partial charge on any atom is -0.457 e. The molecule has 3 aromatic heterocycles. The molecule has 0 aliphatic carbocycles. The van der Waals surface area contributed by atoms with Crippen LogP contribution in [0, 0.1) is 0 Å². The molecular weight excluding hydrogens is 1170 g/mol. The minimum absolute atomic E-state index is 0.0763. The predicted molar refractivity (Wildman–Crippen MR) is 412 cm³/mol. The van der Waals surface area contributed by atoms with Crippen molar-refractivity contribution >= 4 is 76.1 Å². The molecule has 13 rings (SSSR count). The van der Waals surface area contributed by atoms with Gasteiger partial charge in [-0.3, -0.25) is 4.57 Å². The summed E-state index contributed by atoms with van der Waals surface area (Å²) in [6.45, 7) is 49.6. The van der Waals surface area contributed by atoms with Crippen molar-refractivity contribution < 1.29 is 4.74 Å². The first-order valence-corrected chi connectivity index (χ1v) is 35.5. The molecule has 0 bridgehead atoms. The van der Waals surface area contributed by atoms with Crippen LogP contribution in [0.5, 0.6) is 11.5 Å². The van der Waals surface area contributed by atoms with E-state index in [0.29, 0.717) is 12.6 Å². The third-order valence-corrected chi connectivity index (χ3v) is 21.2. The summed E-state index contributed by atoms with van der Waals surface area (Å²) in [5.41, 5.74) is 24.3. The highest BCUT2D eigenvalue weighted by atomic mass is 32.1. The van der Waals surface area contributed by atoms with Gasteiger partial charge in [0.25, 0.3) is 0 Å². The Bertz CT molecular complexity index is 4780. The van der Waals surface area contributed by atoms with Gasteiger partial charge in [0.2, 0.25) is 0 Å². The standard InChI is InChI=1S/C89H98N4OS/c1-53(2)56-45-73(54(3)4)81(74(46-56)55(5)6)59-43-65(50-67(44-59)94-66-33-34-72-78(51-66)93(80-49-60(37-38-90-80)85(7,8)9)77-36-35-71-70-27-22-25-32-79(70)95-84(71)82(72)77)91-52-92(76-31-24-23-30-75(76)91)83-68(57-39-61(86(10,11)12)47-62(40-57)87(13,14)15)28-26-29-69(83)58-41-63(88(16,17)18)48-64(42-58)89(19,20)21/h22-51,53-55H,52H2,1-21H3. The molecule has 1 aliphatic heterocycles. The fourth-order valence-corrected chi connectivity index (χ4v) is 15.4. The highest BCUT2D eigenvalue weighted by Gasteiger charge is 2.35. The van der Waals surface area contributed by atoms with Gasteiger partial charge >= 0.3 is 0 Å². The van der Waals surface area contributed by atoms with E-state index >= 15 is 0 Å². The number of ether oxygens (including phenoxy) is 1. The number of benzene rings is 9. The topological polar surface area (TPSA) is 33.5 Å². The number of rotatable bonds is 11. The van der Waals surface area contributed by atoms with Crippen LogP contribution in [-0.4, -0.2) is 16.2 Å². The molecule has 0 unspecified atom stereocenters. The quantitative estimate of drug-likeness (QED) is 0.129. The highest BCUT2D eigenvalue weighted by molar-refractivity contribution is 7.26. The second-order valence-electron chi connectivity index (χ2n) is 33.2. The smallest absolute Gasteiger partial charge is 0.137 e. The zero-order valence-electron chi connectivity index (χ0n) is 60.4. The molecule has 0 atom stereocenters. The maximum Gasteiger partial charge on any atom is 0.137 e. The van der Waals surface area contributed by atoms with Crippen LogP contribution >= 0.6 is 11.3 Å². The minimum atomic E-state index is -0.0793. The Kier molecular flexibility index (Phi) is 16.3. The van der Waals surface area contributed by atoms with E-state index in [-0.39, 0.29) is 38.9 Å². The maximum atomic E-state index is 7.55. The van der Waals surface area contributed by atoms with Crippen molar-refractivity contribution in [3.63, 3.8) is 0 Å². The van der Waals surface area contributed by atoms with Gasteiger partial charge in [-0.15, -0.1) is 11.3 Å². The summed E-state index contributed by atoms with van der Waals surface area (Å²) in [7, 11) is 0. The van der Waals surface area contributed by atoms with Crippen LogP contribution in [-0.2, 0) is 27.1 Å². The van der Waals surface area contributed by atoms with Crippen molar-refractivity contribution in [3.05, 3.63) is 227 Å². The first-order valence-electron chi connectivity index (χ1n) is 34.7. The number of nitrogens with zero attached hydrogens (tertiary/aromatic N) is 4. The molecule has 95 heavy (non-hydrogen) atoms. The third kappa shape index (κ3) is 12.2. The van der Waals surface area contributed by atoms with E-state index in [1.807, 2.05) is 17.5 Å². The van der Waals surface area contributed by atoms with Crippen molar-refractivity contribution in [1.29, 1.82) is 0 Å². The fraction of sp³-hybridized carbons (Fsp3) is 0.337. The van der Waals surface area contributed by atoms with E-state index in [2.05, 4.69) is 336 Å². The molecule has 9 aromatic carbocycles. The number of hydrogen-bond donors (Lipinski definition) is 0. The summed E-state index contributed by atoms with van der Waals surface area (Å²) in [6.07, 6.45) is 1.97. The molecule has 0 N–H and O–H groups in total. The molecule has 486 valence electrons. The van der Waals surface area contributed by atoms with Crippen molar-refractivity contribution in [2.24, 2.45) is 0 Å². The lowest BCUT2D eigenvalue weighted by Gasteiger charge is -2.31. The summed E-state index contributed by atoms with van der Waals surface area (Å²) in [4.78, 5) is 10.3.